The molecule has 0 radical (unpaired) electrons. The number of amides is 1. The molecule has 2 heterocycles. The Labute approximate surface area is 141 Å². The van der Waals surface area contributed by atoms with Gasteiger partial charge >= 0.3 is 0 Å². The van der Waals surface area contributed by atoms with Crippen molar-refractivity contribution in [3.8, 4) is 11.4 Å². The van der Waals surface area contributed by atoms with Crippen molar-refractivity contribution < 1.29 is 13.6 Å². The number of furan rings is 1. The molecule has 0 atom stereocenters. The molecule has 124 valence electrons. The van der Waals surface area contributed by atoms with Gasteiger partial charge in [0.1, 0.15) is 17.2 Å². The minimum Gasteiger partial charge on any atom is -0.451 e. The molecule has 25 heavy (non-hydrogen) atoms. The predicted molar refractivity (Wildman–Crippen MR) is 89.2 cm³/mol. The van der Waals surface area contributed by atoms with Crippen LogP contribution < -0.4 is 5.32 Å². The number of H-pyrrole nitrogens is 1. The summed E-state index contributed by atoms with van der Waals surface area (Å²) in [4.78, 5) is 16.5. The highest BCUT2D eigenvalue weighted by Crippen LogP contribution is 2.19. The molecule has 6 nitrogen and oxygen atoms in total. The summed E-state index contributed by atoms with van der Waals surface area (Å²) in [5.41, 5.74) is 1.35. The molecule has 2 aromatic carbocycles. The van der Waals surface area contributed by atoms with Gasteiger partial charge in [0.25, 0.3) is 5.91 Å². The van der Waals surface area contributed by atoms with Gasteiger partial charge in [-0.15, -0.1) is 0 Å². The molecule has 0 spiro atoms. The van der Waals surface area contributed by atoms with Gasteiger partial charge in [0.05, 0.1) is 6.54 Å². The van der Waals surface area contributed by atoms with E-state index in [2.05, 4.69) is 20.5 Å². The zero-order chi connectivity index (χ0) is 17.2. The van der Waals surface area contributed by atoms with Crippen LogP contribution in [-0.2, 0) is 6.54 Å². The lowest BCUT2D eigenvalue weighted by Crippen LogP contribution is -2.22. The SMILES string of the molecule is O=C(NCc1nc(-c2ccc(F)cc2)n[nH]1)c1cc2ccccc2o1. The standard InChI is InChI=1S/C18H13FN4O2/c19-13-7-5-11(6-8-13)17-21-16(22-23-17)10-20-18(24)15-9-12-3-1-2-4-14(12)25-15/h1-9H,10H2,(H,20,24)(H,21,22,23). The molecule has 2 N–H and O–H groups in total. The molecule has 0 aliphatic carbocycles. The van der Waals surface area contributed by atoms with Gasteiger partial charge in [0.15, 0.2) is 11.6 Å². The van der Waals surface area contributed by atoms with Gasteiger partial charge in [0, 0.05) is 10.9 Å². The van der Waals surface area contributed by atoms with E-state index in [1.165, 1.54) is 12.1 Å². The van der Waals surface area contributed by atoms with E-state index >= 15 is 0 Å². The van der Waals surface area contributed by atoms with Crippen LogP contribution in [0, 0.1) is 5.82 Å². The van der Waals surface area contributed by atoms with Crippen molar-refractivity contribution in [2.75, 3.05) is 0 Å². The van der Waals surface area contributed by atoms with Crippen LogP contribution in [0.1, 0.15) is 16.4 Å². The van der Waals surface area contributed by atoms with Crippen LogP contribution in [0.25, 0.3) is 22.4 Å². The molecule has 2 aromatic heterocycles. The fourth-order valence-corrected chi connectivity index (χ4v) is 2.45. The predicted octanol–water partition coefficient (Wildman–Crippen LogP) is 3.29. The van der Waals surface area contributed by atoms with E-state index < -0.39 is 0 Å². The number of carbonyl (C=O) groups is 1. The third-order valence-corrected chi connectivity index (χ3v) is 3.70. The van der Waals surface area contributed by atoms with Crippen molar-refractivity contribution in [1.29, 1.82) is 0 Å². The summed E-state index contributed by atoms with van der Waals surface area (Å²) < 4.78 is 18.5. The molecule has 0 saturated carbocycles. The number of fused-ring (bicyclic) bond motifs is 1. The lowest BCUT2D eigenvalue weighted by molar-refractivity contribution is 0.0924. The molecule has 0 bridgehead atoms. The van der Waals surface area contributed by atoms with Gasteiger partial charge in [-0.3, -0.25) is 9.89 Å². The minimum absolute atomic E-state index is 0.171. The maximum absolute atomic E-state index is 13.0. The smallest absolute Gasteiger partial charge is 0.287 e. The average molecular weight is 336 g/mol. The number of aromatic nitrogens is 3. The Hall–Kier alpha value is -3.48. The minimum atomic E-state index is -0.337. The summed E-state index contributed by atoms with van der Waals surface area (Å²) in [7, 11) is 0. The Morgan fingerprint density at radius 1 is 1.16 bits per heavy atom. The van der Waals surface area contributed by atoms with Gasteiger partial charge in [-0.25, -0.2) is 9.37 Å². The lowest BCUT2D eigenvalue weighted by atomic mass is 10.2. The number of benzene rings is 2. The van der Waals surface area contributed by atoms with Crippen molar-refractivity contribution in [1.82, 2.24) is 20.5 Å². The number of hydrogen-bond donors (Lipinski definition) is 2. The van der Waals surface area contributed by atoms with Gasteiger partial charge in [0.2, 0.25) is 0 Å². The number of halogens is 1. The Morgan fingerprint density at radius 2 is 1.96 bits per heavy atom. The Bertz CT molecular complexity index is 1000. The fourth-order valence-electron chi connectivity index (χ4n) is 2.45. The molecule has 7 heteroatoms. The number of rotatable bonds is 4. The molecular weight excluding hydrogens is 323 g/mol. The Kier molecular flexibility index (Phi) is 3.74. The van der Waals surface area contributed by atoms with E-state index in [-0.39, 0.29) is 24.0 Å². The number of nitrogens with zero attached hydrogens (tertiary/aromatic N) is 2. The van der Waals surface area contributed by atoms with Crippen molar-refractivity contribution in [2.24, 2.45) is 0 Å². The zero-order valence-electron chi connectivity index (χ0n) is 13.0. The van der Waals surface area contributed by atoms with Crippen LogP contribution in [0.15, 0.2) is 59.0 Å². The number of para-hydroxylation sites is 1. The molecule has 4 aromatic rings. The third-order valence-electron chi connectivity index (χ3n) is 3.70. The first-order chi connectivity index (χ1) is 12.2. The molecule has 4 rings (SSSR count). The van der Waals surface area contributed by atoms with Gasteiger partial charge in [-0.1, -0.05) is 18.2 Å². The molecule has 0 aliphatic rings. The maximum Gasteiger partial charge on any atom is 0.287 e. The third kappa shape index (κ3) is 3.12. The molecular formula is C18H13FN4O2. The van der Waals surface area contributed by atoms with E-state index in [4.69, 9.17) is 4.42 Å². The number of hydrogen-bond acceptors (Lipinski definition) is 4. The summed E-state index contributed by atoms with van der Waals surface area (Å²) in [5.74, 6) is 0.504. The number of nitrogens with one attached hydrogen (secondary N) is 2. The number of aromatic amines is 1. The van der Waals surface area contributed by atoms with Crippen LogP contribution in [-0.4, -0.2) is 21.1 Å². The Morgan fingerprint density at radius 3 is 2.76 bits per heavy atom. The topological polar surface area (TPSA) is 83.8 Å². The second kappa shape index (κ2) is 6.20. The normalized spacial score (nSPS) is 10.9. The van der Waals surface area contributed by atoms with Crippen molar-refractivity contribution in [3.05, 3.63) is 72.0 Å². The van der Waals surface area contributed by atoms with Crippen LogP contribution >= 0.6 is 0 Å². The highest BCUT2D eigenvalue weighted by atomic mass is 19.1. The molecule has 0 fully saturated rings. The zero-order valence-corrected chi connectivity index (χ0v) is 13.0. The van der Waals surface area contributed by atoms with E-state index in [0.29, 0.717) is 22.8 Å². The van der Waals surface area contributed by atoms with Gasteiger partial charge in [-0.2, -0.15) is 5.10 Å². The first-order valence-electron chi connectivity index (χ1n) is 7.63. The van der Waals surface area contributed by atoms with Crippen LogP contribution in [0.3, 0.4) is 0 Å². The summed E-state index contributed by atoms with van der Waals surface area (Å²) in [5, 5.41) is 10.4. The largest absolute Gasteiger partial charge is 0.451 e. The second-order valence-electron chi connectivity index (χ2n) is 5.44. The average Bonchev–Trinajstić information content (AvgIpc) is 3.27. The number of carbonyl (C=O) groups excluding carboxylic acids is 1. The highest BCUT2D eigenvalue weighted by Gasteiger charge is 2.13. The second-order valence-corrected chi connectivity index (χ2v) is 5.44. The molecule has 0 aliphatic heterocycles. The van der Waals surface area contributed by atoms with Crippen molar-refractivity contribution >= 4 is 16.9 Å². The van der Waals surface area contributed by atoms with Gasteiger partial charge in [-0.05, 0) is 36.4 Å². The first-order valence-corrected chi connectivity index (χ1v) is 7.63. The van der Waals surface area contributed by atoms with Gasteiger partial charge < -0.3 is 9.73 Å². The van der Waals surface area contributed by atoms with Crippen molar-refractivity contribution in [3.63, 3.8) is 0 Å². The molecule has 0 saturated heterocycles. The highest BCUT2D eigenvalue weighted by molar-refractivity contribution is 5.95. The summed E-state index contributed by atoms with van der Waals surface area (Å²) in [6.07, 6.45) is 0. The first kappa shape index (κ1) is 15.1. The van der Waals surface area contributed by atoms with E-state index in [1.807, 2.05) is 18.2 Å². The maximum atomic E-state index is 13.0. The Balaban J connectivity index is 1.44. The van der Waals surface area contributed by atoms with Crippen molar-refractivity contribution in [2.45, 2.75) is 6.54 Å². The van der Waals surface area contributed by atoms with E-state index in [1.54, 1.807) is 24.3 Å². The monoisotopic (exact) mass is 336 g/mol. The van der Waals surface area contributed by atoms with Crippen LogP contribution in [0.4, 0.5) is 4.39 Å². The van der Waals surface area contributed by atoms with Crippen LogP contribution in [0.5, 0.6) is 0 Å². The molecule has 1 amide bonds. The lowest BCUT2D eigenvalue weighted by Gasteiger charge is -1.99. The molecule has 0 unspecified atom stereocenters. The van der Waals surface area contributed by atoms with E-state index in [9.17, 15) is 9.18 Å². The summed E-state index contributed by atoms with van der Waals surface area (Å²) in [6.45, 7) is 0.171. The fraction of sp³-hybridized carbons (Fsp3) is 0.0556. The quantitative estimate of drug-likeness (QED) is 0.599. The van der Waals surface area contributed by atoms with Crippen LogP contribution in [0.2, 0.25) is 0 Å². The van der Waals surface area contributed by atoms with E-state index in [0.717, 1.165) is 5.39 Å². The summed E-state index contributed by atoms with van der Waals surface area (Å²) >= 11 is 0. The summed E-state index contributed by atoms with van der Waals surface area (Å²) in [6, 6.07) is 15.0.